The molecule has 0 bridgehead atoms. The summed E-state index contributed by atoms with van der Waals surface area (Å²) >= 11 is 0. The number of ether oxygens (including phenoxy) is 2. The second-order valence-electron chi connectivity index (χ2n) is 12.9. The molecule has 1 saturated carbocycles. The third kappa shape index (κ3) is 4.61. The topological polar surface area (TPSA) is 124 Å². The Labute approximate surface area is 252 Å². The number of pyridine rings is 1. The minimum Gasteiger partial charge on any atom is -0.474 e. The highest BCUT2D eigenvalue weighted by atomic mass is 19.1. The summed E-state index contributed by atoms with van der Waals surface area (Å²) in [6.07, 6.45) is 2.65. The lowest BCUT2D eigenvalue weighted by molar-refractivity contribution is 0.107. The SMILES string of the molecule is CC[C@@H]1N[C@H]2CC2[C@@H]1[C@H](C)Oc1nc(-c2cc(C)c(F)c(N)c2F)c(F)c2nc(OC[C@@]34CCCN3C[C@H](F)C4)nc(N)c12. The Balaban J connectivity index is 1.32. The summed E-state index contributed by atoms with van der Waals surface area (Å²) in [4.78, 5) is 15.2. The van der Waals surface area contributed by atoms with Gasteiger partial charge < -0.3 is 26.3 Å². The van der Waals surface area contributed by atoms with Gasteiger partial charge in [-0.2, -0.15) is 9.97 Å². The fraction of sp³-hybridized carbons (Fsp3) is 0.581. The van der Waals surface area contributed by atoms with Crippen molar-refractivity contribution in [3.05, 3.63) is 29.1 Å². The molecule has 3 saturated heterocycles. The van der Waals surface area contributed by atoms with Crippen LogP contribution in [-0.2, 0) is 0 Å². The molecule has 3 aromatic rings. The maximum Gasteiger partial charge on any atom is 0.319 e. The van der Waals surface area contributed by atoms with Gasteiger partial charge in [0.1, 0.15) is 47.0 Å². The zero-order valence-electron chi connectivity index (χ0n) is 25.0. The van der Waals surface area contributed by atoms with Crippen LogP contribution in [0, 0.1) is 36.2 Å². The third-order valence-corrected chi connectivity index (χ3v) is 10.2. The first kappa shape index (κ1) is 29.3. The van der Waals surface area contributed by atoms with E-state index in [-0.39, 0.29) is 64.4 Å². The number of benzene rings is 1. The first-order valence-electron chi connectivity index (χ1n) is 15.4. The van der Waals surface area contributed by atoms with Gasteiger partial charge in [-0.1, -0.05) is 6.92 Å². The predicted octanol–water partition coefficient (Wildman–Crippen LogP) is 4.69. The van der Waals surface area contributed by atoms with Gasteiger partial charge in [-0.05, 0) is 63.6 Å². The van der Waals surface area contributed by atoms with Crippen LogP contribution in [-0.4, -0.2) is 69.4 Å². The first-order chi connectivity index (χ1) is 21.0. The van der Waals surface area contributed by atoms with Crippen LogP contribution in [0.1, 0.15) is 51.5 Å². The number of hydrogen-bond acceptors (Lipinski definition) is 9. The van der Waals surface area contributed by atoms with Gasteiger partial charge in [0.25, 0.3) is 0 Å². The Morgan fingerprint density at radius 1 is 1.16 bits per heavy atom. The van der Waals surface area contributed by atoms with Gasteiger partial charge >= 0.3 is 6.01 Å². The van der Waals surface area contributed by atoms with E-state index in [4.69, 9.17) is 20.9 Å². The average molecular weight is 616 g/mol. The van der Waals surface area contributed by atoms with Crippen molar-refractivity contribution in [1.82, 2.24) is 25.2 Å². The standard InChI is InChI=1S/C31H37F4N7O2/c1-4-18-20(16-9-19(16)38-18)14(3)44-29-21-27(24(35)26(39-29)17-8-13(2)22(33)25(36)23(17)34)40-30(41-28(21)37)43-12-31-6-5-7-42(31)11-15(32)10-31/h8,14-16,18-20,38H,4-7,9-12,36H2,1-3H3,(H2,37,40,41)/t14-,15+,16?,18-,19-,20-,31-/m0/s1. The molecule has 44 heavy (non-hydrogen) atoms. The van der Waals surface area contributed by atoms with E-state index in [1.54, 1.807) is 0 Å². The summed E-state index contributed by atoms with van der Waals surface area (Å²) in [6.45, 7) is 6.65. The van der Waals surface area contributed by atoms with Crippen LogP contribution in [0.5, 0.6) is 11.9 Å². The van der Waals surface area contributed by atoms with Gasteiger partial charge in [-0.3, -0.25) is 4.90 Å². The fourth-order valence-corrected chi connectivity index (χ4v) is 7.93. The molecule has 4 fully saturated rings. The van der Waals surface area contributed by atoms with Gasteiger partial charge in [0.2, 0.25) is 5.88 Å². The van der Waals surface area contributed by atoms with E-state index in [1.165, 1.54) is 6.92 Å². The van der Waals surface area contributed by atoms with Gasteiger partial charge in [-0.25, -0.2) is 22.5 Å². The molecule has 4 aliphatic rings. The number of aromatic nitrogens is 3. The van der Waals surface area contributed by atoms with Gasteiger partial charge in [0.05, 0.1) is 5.54 Å². The molecular formula is C31H37F4N7O2. The lowest BCUT2D eigenvalue weighted by Gasteiger charge is -2.30. The van der Waals surface area contributed by atoms with Crippen molar-refractivity contribution in [3.63, 3.8) is 0 Å². The smallest absolute Gasteiger partial charge is 0.319 e. The van der Waals surface area contributed by atoms with Crippen molar-refractivity contribution in [1.29, 1.82) is 0 Å². The summed E-state index contributed by atoms with van der Waals surface area (Å²) in [5, 5.41) is 3.65. The summed E-state index contributed by atoms with van der Waals surface area (Å²) in [5.74, 6) is -2.67. The van der Waals surface area contributed by atoms with Crippen LogP contribution >= 0.6 is 0 Å². The average Bonchev–Trinajstić information content (AvgIpc) is 3.31. The van der Waals surface area contributed by atoms with Crippen molar-refractivity contribution >= 4 is 22.4 Å². The van der Waals surface area contributed by atoms with Crippen molar-refractivity contribution in [2.24, 2.45) is 11.8 Å². The van der Waals surface area contributed by atoms with Gasteiger partial charge in [-0.15, -0.1) is 0 Å². The van der Waals surface area contributed by atoms with Crippen molar-refractivity contribution in [2.45, 2.75) is 82.8 Å². The molecule has 3 aliphatic heterocycles. The second-order valence-corrected chi connectivity index (χ2v) is 12.9. The molecule has 13 heteroatoms. The largest absolute Gasteiger partial charge is 0.474 e. The fourth-order valence-electron chi connectivity index (χ4n) is 7.93. The monoisotopic (exact) mass is 615 g/mol. The number of anilines is 2. The molecule has 1 unspecified atom stereocenters. The normalized spacial score (nSPS) is 30.0. The minimum absolute atomic E-state index is 0.0213. The van der Waals surface area contributed by atoms with Crippen molar-refractivity contribution < 1.29 is 27.0 Å². The molecule has 0 amide bonds. The van der Waals surface area contributed by atoms with E-state index in [9.17, 15) is 8.78 Å². The zero-order valence-corrected chi connectivity index (χ0v) is 25.0. The van der Waals surface area contributed by atoms with Gasteiger partial charge in [0.15, 0.2) is 17.5 Å². The number of piperidine rings is 1. The Kier molecular flexibility index (Phi) is 7.04. The van der Waals surface area contributed by atoms with Crippen molar-refractivity contribution in [3.8, 4) is 23.1 Å². The van der Waals surface area contributed by atoms with Crippen LogP contribution in [0.15, 0.2) is 6.07 Å². The number of hydrogen-bond donors (Lipinski definition) is 3. The Bertz CT molecular complexity index is 1640. The molecule has 0 spiro atoms. The van der Waals surface area contributed by atoms with Crippen LogP contribution < -0.4 is 26.3 Å². The minimum atomic E-state index is -1.15. The number of fused-ring (bicyclic) bond motifs is 3. The highest BCUT2D eigenvalue weighted by molar-refractivity contribution is 5.95. The maximum atomic E-state index is 16.4. The molecule has 5 N–H and O–H groups in total. The summed E-state index contributed by atoms with van der Waals surface area (Å²) in [5.41, 5.74) is 9.82. The van der Waals surface area contributed by atoms with Gasteiger partial charge in [0, 0.05) is 36.5 Å². The number of nitrogens with one attached hydrogen (secondary N) is 1. The molecule has 9 nitrogen and oxygen atoms in total. The Hall–Kier alpha value is -3.45. The Morgan fingerprint density at radius 2 is 1.95 bits per heavy atom. The summed E-state index contributed by atoms with van der Waals surface area (Å²) < 4.78 is 72.9. The van der Waals surface area contributed by atoms with E-state index in [1.807, 2.05) is 6.92 Å². The van der Waals surface area contributed by atoms with E-state index in [0.29, 0.717) is 24.9 Å². The molecule has 5 heterocycles. The molecule has 1 aromatic carbocycles. The van der Waals surface area contributed by atoms with Crippen LogP contribution in [0.4, 0.5) is 29.1 Å². The summed E-state index contributed by atoms with van der Waals surface area (Å²) in [7, 11) is 0. The molecule has 236 valence electrons. The van der Waals surface area contributed by atoms with E-state index in [0.717, 1.165) is 38.3 Å². The van der Waals surface area contributed by atoms with E-state index in [2.05, 4.69) is 32.1 Å². The number of nitrogen functional groups attached to an aromatic ring is 2. The summed E-state index contributed by atoms with van der Waals surface area (Å²) in [6, 6.07) is 1.63. The Morgan fingerprint density at radius 3 is 2.73 bits per heavy atom. The second kappa shape index (κ2) is 10.6. The highest BCUT2D eigenvalue weighted by Crippen LogP contribution is 2.49. The molecule has 7 rings (SSSR count). The van der Waals surface area contributed by atoms with Crippen LogP contribution in [0.3, 0.4) is 0 Å². The zero-order chi connectivity index (χ0) is 31.1. The molecule has 2 aromatic heterocycles. The van der Waals surface area contributed by atoms with Crippen LogP contribution in [0.2, 0.25) is 0 Å². The third-order valence-electron chi connectivity index (χ3n) is 10.2. The number of nitrogens with zero attached hydrogens (tertiary/aromatic N) is 4. The lowest BCUT2D eigenvalue weighted by atomic mass is 9.90. The van der Waals surface area contributed by atoms with E-state index >= 15 is 8.78 Å². The quantitative estimate of drug-likeness (QED) is 0.245. The van der Waals surface area contributed by atoms with E-state index < -0.39 is 40.5 Å². The number of alkyl halides is 1. The number of halogens is 4. The lowest BCUT2D eigenvalue weighted by Crippen LogP contribution is -2.43. The van der Waals surface area contributed by atoms with Crippen molar-refractivity contribution in [2.75, 3.05) is 31.2 Å². The molecule has 1 aliphatic carbocycles. The van der Waals surface area contributed by atoms with Crippen LogP contribution in [0.25, 0.3) is 22.2 Å². The highest BCUT2D eigenvalue weighted by Gasteiger charge is 2.55. The molecular weight excluding hydrogens is 578 g/mol. The predicted molar refractivity (Wildman–Crippen MR) is 157 cm³/mol. The number of nitrogens with two attached hydrogens (primary N) is 2. The number of aryl methyl sites for hydroxylation is 1. The maximum absolute atomic E-state index is 16.4. The molecule has 0 radical (unpaired) electrons. The first-order valence-corrected chi connectivity index (χ1v) is 15.4. The number of rotatable bonds is 8. The molecule has 7 atom stereocenters.